The Kier molecular flexibility index (Phi) is 7.19. The van der Waals surface area contributed by atoms with Crippen LogP contribution < -0.4 is 14.7 Å². The molecule has 1 aliphatic rings. The van der Waals surface area contributed by atoms with E-state index in [1.54, 1.807) is 32.9 Å². The Hall–Kier alpha value is -2.68. The van der Waals surface area contributed by atoms with Crippen LogP contribution in [0.15, 0.2) is 24.4 Å². The van der Waals surface area contributed by atoms with Crippen LogP contribution in [-0.4, -0.2) is 43.9 Å². The zero-order valence-corrected chi connectivity index (χ0v) is 17.5. The van der Waals surface area contributed by atoms with Crippen LogP contribution in [0.5, 0.6) is 11.5 Å². The first kappa shape index (κ1) is 22.6. The molecule has 1 aliphatic heterocycles. The second-order valence-corrected chi connectivity index (χ2v) is 7.78. The predicted molar refractivity (Wildman–Crippen MR) is 107 cm³/mol. The van der Waals surface area contributed by atoms with Gasteiger partial charge in [0.1, 0.15) is 17.1 Å². The van der Waals surface area contributed by atoms with Gasteiger partial charge in [0.25, 0.3) is 0 Å². The molecule has 1 aromatic rings. The Bertz CT molecular complexity index is 788. The molecule has 1 aromatic carbocycles. The average molecular weight is 405 g/mol. The van der Waals surface area contributed by atoms with Crippen LogP contribution in [0.3, 0.4) is 0 Å². The quantitative estimate of drug-likeness (QED) is 0.405. The molecule has 1 atom stereocenters. The molecule has 0 saturated carbocycles. The van der Waals surface area contributed by atoms with E-state index < -0.39 is 37.2 Å². The first-order valence-electron chi connectivity index (χ1n) is 9.41. The van der Waals surface area contributed by atoms with Crippen LogP contribution in [0.1, 0.15) is 50.0 Å². The minimum Gasteiger partial charge on any atom is -0.534 e. The van der Waals surface area contributed by atoms with Gasteiger partial charge in [-0.2, -0.15) is 0 Å². The topological polar surface area (TPSA) is 103 Å². The van der Waals surface area contributed by atoms with Crippen molar-refractivity contribution in [1.82, 2.24) is 5.32 Å². The van der Waals surface area contributed by atoms with Crippen LogP contribution in [0.2, 0.25) is 0 Å². The van der Waals surface area contributed by atoms with Crippen molar-refractivity contribution in [2.75, 3.05) is 13.9 Å². The molecule has 158 valence electrons. The molecule has 0 bridgehead atoms. The van der Waals surface area contributed by atoms with Crippen LogP contribution in [-0.2, 0) is 20.7 Å². The summed E-state index contributed by atoms with van der Waals surface area (Å²) in [6.45, 7) is 10.4. The summed E-state index contributed by atoms with van der Waals surface area (Å²) in [5, 5.41) is 13.5. The lowest BCUT2D eigenvalue weighted by atomic mass is 9.72. The largest absolute Gasteiger partial charge is 0.546 e. The van der Waals surface area contributed by atoms with Gasteiger partial charge in [0.05, 0.1) is 18.5 Å². The summed E-state index contributed by atoms with van der Waals surface area (Å²) in [6, 6.07) is 3.39. The Morgan fingerprint density at radius 2 is 2.03 bits per heavy atom. The molecule has 0 amide bonds. The summed E-state index contributed by atoms with van der Waals surface area (Å²) >= 11 is 0. The second-order valence-electron chi connectivity index (χ2n) is 7.78. The van der Waals surface area contributed by atoms with Gasteiger partial charge in [0.15, 0.2) is 0 Å². The molecular formula is C20H28BNO7. The molecule has 0 saturated heterocycles. The summed E-state index contributed by atoms with van der Waals surface area (Å²) < 4.78 is 21.0. The van der Waals surface area contributed by atoms with Gasteiger partial charge in [-0.05, 0) is 45.2 Å². The smallest absolute Gasteiger partial charge is 0.534 e. The summed E-state index contributed by atoms with van der Waals surface area (Å²) in [5.41, 5.74) is 0.794. The molecule has 0 aliphatic carbocycles. The van der Waals surface area contributed by atoms with Crippen molar-refractivity contribution in [2.24, 2.45) is 5.41 Å². The van der Waals surface area contributed by atoms with E-state index in [4.69, 9.17) is 18.9 Å². The van der Waals surface area contributed by atoms with Crippen molar-refractivity contribution in [3.05, 3.63) is 35.5 Å². The number of carbonyl (C=O) groups excluding carboxylic acids is 2. The Labute approximate surface area is 171 Å². The fourth-order valence-corrected chi connectivity index (χ4v) is 2.72. The second kappa shape index (κ2) is 9.22. The van der Waals surface area contributed by atoms with Gasteiger partial charge in [-0.15, -0.1) is 0 Å². The van der Waals surface area contributed by atoms with Crippen LogP contribution in [0, 0.1) is 5.41 Å². The lowest BCUT2D eigenvalue weighted by Crippen LogP contribution is -2.50. The lowest BCUT2D eigenvalue weighted by Gasteiger charge is -2.30. The zero-order chi connectivity index (χ0) is 21.8. The summed E-state index contributed by atoms with van der Waals surface area (Å²) in [5.74, 6) is -1.27. The molecule has 8 nitrogen and oxygen atoms in total. The number of methoxy groups -OCH3 is 1. The maximum atomic E-state index is 12.7. The molecule has 0 spiro atoms. The number of benzene rings is 1. The number of rotatable bonds is 7. The number of fused-ring (bicyclic) bond motifs is 1. The van der Waals surface area contributed by atoms with Gasteiger partial charge in [-0.3, -0.25) is 4.79 Å². The van der Waals surface area contributed by atoms with Crippen molar-refractivity contribution in [3.63, 3.8) is 0 Å². The van der Waals surface area contributed by atoms with Crippen molar-refractivity contribution in [3.8, 4) is 11.5 Å². The molecule has 2 N–H and O–H groups in total. The van der Waals surface area contributed by atoms with E-state index in [0.29, 0.717) is 18.4 Å². The number of ether oxygens (including phenoxy) is 3. The highest BCUT2D eigenvalue weighted by atomic mass is 16.7. The van der Waals surface area contributed by atoms with E-state index in [2.05, 4.69) is 11.9 Å². The van der Waals surface area contributed by atoms with E-state index in [0.717, 1.165) is 5.70 Å². The Balaban J connectivity index is 2.20. The standard InChI is InChI=1S/C20H28BNO7/c1-7-12(2)22-15-10-13-8-9-14(26-6)16(17(13)29-21(15)25)18(23)27-11-28-19(24)20(3,4)5/h8-9,15,22,25H,2,7,10-11H2,1,3-6H3. The minimum absolute atomic E-state index is 0.0311. The minimum atomic E-state index is -1.19. The number of carbonyl (C=O) groups is 2. The van der Waals surface area contributed by atoms with Gasteiger partial charge in [-0.25, -0.2) is 4.79 Å². The lowest BCUT2D eigenvalue weighted by molar-refractivity contribution is -0.161. The predicted octanol–water partition coefficient (Wildman–Crippen LogP) is 2.24. The maximum absolute atomic E-state index is 12.7. The normalized spacial score (nSPS) is 15.7. The van der Waals surface area contributed by atoms with Gasteiger partial charge >= 0.3 is 19.1 Å². The fraction of sp³-hybridized carbons (Fsp3) is 0.500. The van der Waals surface area contributed by atoms with Crippen LogP contribution >= 0.6 is 0 Å². The van der Waals surface area contributed by atoms with Crippen molar-refractivity contribution in [1.29, 1.82) is 0 Å². The van der Waals surface area contributed by atoms with E-state index in [1.807, 2.05) is 6.92 Å². The highest BCUT2D eigenvalue weighted by molar-refractivity contribution is 6.46. The number of hydrogen-bond donors (Lipinski definition) is 2. The van der Waals surface area contributed by atoms with E-state index in [-0.39, 0.29) is 17.1 Å². The number of esters is 2. The molecular weight excluding hydrogens is 377 g/mol. The van der Waals surface area contributed by atoms with E-state index >= 15 is 0 Å². The fourth-order valence-electron chi connectivity index (χ4n) is 2.72. The number of allylic oxidation sites excluding steroid dienone is 1. The monoisotopic (exact) mass is 405 g/mol. The van der Waals surface area contributed by atoms with Crippen molar-refractivity contribution < 1.29 is 33.5 Å². The molecule has 2 rings (SSSR count). The number of nitrogens with one attached hydrogen (secondary N) is 1. The van der Waals surface area contributed by atoms with Gasteiger partial charge in [-0.1, -0.05) is 19.6 Å². The Morgan fingerprint density at radius 1 is 1.34 bits per heavy atom. The maximum Gasteiger partial charge on any atom is 0.546 e. The van der Waals surface area contributed by atoms with Crippen molar-refractivity contribution >= 4 is 19.1 Å². The highest BCUT2D eigenvalue weighted by Crippen LogP contribution is 2.37. The number of hydrogen-bond acceptors (Lipinski definition) is 8. The summed E-state index contributed by atoms with van der Waals surface area (Å²) in [6.07, 6.45) is 1.13. The van der Waals surface area contributed by atoms with Crippen molar-refractivity contribution in [2.45, 2.75) is 46.5 Å². The SMILES string of the molecule is C=C(CC)NC1Cc2ccc(OC)c(C(=O)OCOC(=O)C(C)(C)C)c2OB1O. The third kappa shape index (κ3) is 5.44. The molecule has 29 heavy (non-hydrogen) atoms. The Morgan fingerprint density at radius 3 is 2.62 bits per heavy atom. The van der Waals surface area contributed by atoms with Crippen LogP contribution in [0.25, 0.3) is 0 Å². The first-order valence-corrected chi connectivity index (χ1v) is 9.41. The summed E-state index contributed by atoms with van der Waals surface area (Å²) in [7, 11) is 0.218. The molecule has 0 radical (unpaired) electrons. The van der Waals surface area contributed by atoms with Gasteiger partial charge in [0.2, 0.25) is 6.79 Å². The highest BCUT2D eigenvalue weighted by Gasteiger charge is 2.38. The van der Waals surface area contributed by atoms with E-state index in [1.165, 1.54) is 7.11 Å². The molecule has 0 aromatic heterocycles. The van der Waals surface area contributed by atoms with Gasteiger partial charge < -0.3 is 29.2 Å². The molecule has 9 heteroatoms. The molecule has 0 fully saturated rings. The summed E-state index contributed by atoms with van der Waals surface area (Å²) in [4.78, 5) is 24.5. The molecule has 1 unspecified atom stereocenters. The van der Waals surface area contributed by atoms with E-state index in [9.17, 15) is 14.6 Å². The zero-order valence-electron chi connectivity index (χ0n) is 17.5. The third-order valence-electron chi connectivity index (χ3n) is 4.46. The first-order chi connectivity index (χ1) is 13.6. The van der Waals surface area contributed by atoms with Gasteiger partial charge in [0, 0.05) is 5.70 Å². The van der Waals surface area contributed by atoms with Crippen LogP contribution in [0.4, 0.5) is 0 Å². The average Bonchev–Trinajstić information content (AvgIpc) is 2.66. The third-order valence-corrected chi connectivity index (χ3v) is 4.46. The molecule has 1 heterocycles.